The lowest BCUT2D eigenvalue weighted by Crippen LogP contribution is -2.12. The second-order valence-corrected chi connectivity index (χ2v) is 3.85. The van der Waals surface area contributed by atoms with Gasteiger partial charge in [-0.3, -0.25) is 0 Å². The summed E-state index contributed by atoms with van der Waals surface area (Å²) in [5.41, 5.74) is 0.167. The van der Waals surface area contributed by atoms with Crippen molar-refractivity contribution in [3.05, 3.63) is 17.2 Å². The first-order valence-electron chi connectivity index (χ1n) is 5.30. The fraction of sp³-hybridized carbons (Fsp3) is 0.417. The number of carboxylic acids is 1. The number of aromatic carboxylic acids is 1. The summed E-state index contributed by atoms with van der Waals surface area (Å²) in [7, 11) is 2.63. The first-order valence-corrected chi connectivity index (χ1v) is 5.30. The molecular formula is C12H16O6. The maximum Gasteiger partial charge on any atom is 0.336 e. The van der Waals surface area contributed by atoms with E-state index in [2.05, 4.69) is 0 Å². The molecule has 0 saturated carbocycles. The molecule has 1 rings (SSSR count). The van der Waals surface area contributed by atoms with Gasteiger partial charge in [0, 0.05) is 12.0 Å². The van der Waals surface area contributed by atoms with Crippen LogP contribution in [0.3, 0.4) is 0 Å². The summed E-state index contributed by atoms with van der Waals surface area (Å²) in [5.74, 6) is -1.44. The van der Waals surface area contributed by atoms with Crippen LogP contribution in [0.5, 0.6) is 17.2 Å². The predicted molar refractivity (Wildman–Crippen MR) is 63.6 cm³/mol. The highest BCUT2D eigenvalue weighted by Gasteiger charge is 2.23. The highest BCUT2D eigenvalue weighted by Crippen LogP contribution is 2.41. The summed E-state index contributed by atoms with van der Waals surface area (Å²) in [6, 6.07) is 1.21. The van der Waals surface area contributed by atoms with Crippen LogP contribution in [-0.2, 0) is 6.42 Å². The lowest BCUT2D eigenvalue weighted by molar-refractivity contribution is 0.0694. The van der Waals surface area contributed by atoms with Crippen molar-refractivity contribution < 1.29 is 29.6 Å². The minimum absolute atomic E-state index is 0.00708. The fourth-order valence-corrected chi connectivity index (χ4v) is 1.73. The molecule has 0 aromatic heterocycles. The summed E-state index contributed by atoms with van der Waals surface area (Å²) in [6.45, 7) is 1.52. The van der Waals surface area contributed by atoms with Crippen LogP contribution in [0, 0.1) is 0 Å². The minimum Gasteiger partial charge on any atom is -0.502 e. The van der Waals surface area contributed by atoms with Crippen LogP contribution in [0.1, 0.15) is 22.8 Å². The molecule has 0 aliphatic rings. The molecule has 3 N–H and O–H groups in total. The Hall–Kier alpha value is -1.95. The molecule has 0 fully saturated rings. The minimum atomic E-state index is -1.18. The number of phenols is 1. The molecule has 0 heterocycles. The van der Waals surface area contributed by atoms with E-state index in [1.54, 1.807) is 0 Å². The SMILES string of the molecule is COc1cc(C(=O)O)c(CC(C)O)c(OC)c1O. The Morgan fingerprint density at radius 1 is 1.39 bits per heavy atom. The number of hydrogen-bond donors (Lipinski definition) is 3. The average molecular weight is 256 g/mol. The van der Waals surface area contributed by atoms with E-state index in [1.807, 2.05) is 0 Å². The summed E-state index contributed by atoms with van der Waals surface area (Å²) < 4.78 is 9.89. The second kappa shape index (κ2) is 5.59. The number of phenolic OH excluding ortho intramolecular Hbond substituents is 1. The number of hydrogen-bond acceptors (Lipinski definition) is 5. The summed E-state index contributed by atoms with van der Waals surface area (Å²) >= 11 is 0. The van der Waals surface area contributed by atoms with Gasteiger partial charge in [0.15, 0.2) is 11.5 Å². The number of aliphatic hydroxyl groups is 1. The molecule has 0 radical (unpaired) electrons. The van der Waals surface area contributed by atoms with Crippen LogP contribution in [-0.4, -0.2) is 41.6 Å². The average Bonchev–Trinajstić information content (AvgIpc) is 2.28. The zero-order valence-electron chi connectivity index (χ0n) is 10.4. The molecule has 0 aliphatic carbocycles. The van der Waals surface area contributed by atoms with Gasteiger partial charge in [0.05, 0.1) is 25.9 Å². The highest BCUT2D eigenvalue weighted by molar-refractivity contribution is 5.92. The van der Waals surface area contributed by atoms with Gasteiger partial charge in [-0.25, -0.2) is 4.79 Å². The Morgan fingerprint density at radius 2 is 2.00 bits per heavy atom. The van der Waals surface area contributed by atoms with Crippen molar-refractivity contribution in [2.24, 2.45) is 0 Å². The van der Waals surface area contributed by atoms with Gasteiger partial charge < -0.3 is 24.8 Å². The molecule has 0 bridgehead atoms. The van der Waals surface area contributed by atoms with Crippen LogP contribution in [0.2, 0.25) is 0 Å². The van der Waals surface area contributed by atoms with Gasteiger partial charge >= 0.3 is 5.97 Å². The van der Waals surface area contributed by atoms with E-state index in [0.29, 0.717) is 0 Å². The normalized spacial score (nSPS) is 12.0. The van der Waals surface area contributed by atoms with Crippen LogP contribution >= 0.6 is 0 Å². The molecular weight excluding hydrogens is 240 g/mol. The standard InChI is InChI=1S/C12H16O6/c1-6(13)4-7-8(12(15)16)5-9(17-2)10(14)11(7)18-3/h5-6,13-14H,4H2,1-3H3,(H,15,16). The van der Waals surface area contributed by atoms with Crippen molar-refractivity contribution in [2.75, 3.05) is 14.2 Å². The Labute approximate surface area is 104 Å². The van der Waals surface area contributed by atoms with E-state index in [1.165, 1.54) is 27.2 Å². The van der Waals surface area contributed by atoms with Crippen molar-refractivity contribution in [3.8, 4) is 17.2 Å². The third-order valence-electron chi connectivity index (χ3n) is 2.48. The Morgan fingerprint density at radius 3 is 2.39 bits per heavy atom. The Kier molecular flexibility index (Phi) is 4.38. The number of aromatic hydroxyl groups is 1. The summed E-state index contributed by atoms with van der Waals surface area (Å²) in [6.07, 6.45) is -0.702. The number of ether oxygens (including phenoxy) is 2. The first-order chi connectivity index (χ1) is 8.42. The molecule has 18 heavy (non-hydrogen) atoms. The van der Waals surface area contributed by atoms with Crippen molar-refractivity contribution in [1.82, 2.24) is 0 Å². The molecule has 1 unspecified atom stereocenters. The highest BCUT2D eigenvalue weighted by atomic mass is 16.5. The van der Waals surface area contributed by atoms with Gasteiger partial charge in [0.2, 0.25) is 5.75 Å². The summed E-state index contributed by atoms with van der Waals surface area (Å²) in [4.78, 5) is 11.2. The van der Waals surface area contributed by atoms with Gasteiger partial charge in [0.1, 0.15) is 0 Å². The molecule has 0 spiro atoms. The molecule has 100 valence electrons. The Bertz CT molecular complexity index is 452. The van der Waals surface area contributed by atoms with Crippen molar-refractivity contribution >= 4 is 5.97 Å². The van der Waals surface area contributed by atoms with E-state index in [4.69, 9.17) is 14.6 Å². The van der Waals surface area contributed by atoms with E-state index in [-0.39, 0.29) is 34.8 Å². The van der Waals surface area contributed by atoms with Crippen molar-refractivity contribution in [2.45, 2.75) is 19.4 Å². The lowest BCUT2D eigenvalue weighted by Gasteiger charge is -2.16. The molecule has 1 atom stereocenters. The zero-order valence-corrected chi connectivity index (χ0v) is 10.4. The fourth-order valence-electron chi connectivity index (χ4n) is 1.73. The lowest BCUT2D eigenvalue weighted by atomic mass is 9.99. The maximum absolute atomic E-state index is 11.2. The smallest absolute Gasteiger partial charge is 0.336 e. The quantitative estimate of drug-likeness (QED) is 0.728. The van der Waals surface area contributed by atoms with Crippen LogP contribution in [0.15, 0.2) is 6.07 Å². The van der Waals surface area contributed by atoms with Crippen LogP contribution in [0.4, 0.5) is 0 Å². The Balaban J connectivity index is 3.52. The zero-order chi connectivity index (χ0) is 13.9. The summed E-state index contributed by atoms with van der Waals surface area (Å²) in [5, 5.41) is 28.4. The van der Waals surface area contributed by atoms with Gasteiger partial charge in [-0.2, -0.15) is 0 Å². The third kappa shape index (κ3) is 2.65. The van der Waals surface area contributed by atoms with Crippen LogP contribution in [0.25, 0.3) is 0 Å². The molecule has 6 heteroatoms. The van der Waals surface area contributed by atoms with Crippen molar-refractivity contribution in [1.29, 1.82) is 0 Å². The molecule has 1 aromatic rings. The molecule has 0 aliphatic heterocycles. The van der Waals surface area contributed by atoms with Gasteiger partial charge in [-0.15, -0.1) is 0 Å². The molecule has 1 aromatic carbocycles. The number of methoxy groups -OCH3 is 2. The van der Waals surface area contributed by atoms with E-state index in [9.17, 15) is 15.0 Å². The van der Waals surface area contributed by atoms with E-state index >= 15 is 0 Å². The predicted octanol–water partition coefficient (Wildman–Crippen LogP) is 1.03. The number of rotatable bonds is 5. The number of carboxylic acid groups (broad SMARTS) is 1. The van der Waals surface area contributed by atoms with Gasteiger partial charge in [0.25, 0.3) is 0 Å². The topological polar surface area (TPSA) is 96.2 Å². The van der Waals surface area contributed by atoms with Crippen molar-refractivity contribution in [3.63, 3.8) is 0 Å². The second-order valence-electron chi connectivity index (χ2n) is 3.85. The first kappa shape index (κ1) is 14.1. The molecule has 6 nitrogen and oxygen atoms in total. The van der Waals surface area contributed by atoms with Gasteiger partial charge in [-0.05, 0) is 13.0 Å². The third-order valence-corrected chi connectivity index (χ3v) is 2.48. The van der Waals surface area contributed by atoms with E-state index < -0.39 is 12.1 Å². The number of carbonyl (C=O) groups is 1. The largest absolute Gasteiger partial charge is 0.502 e. The molecule has 0 amide bonds. The monoisotopic (exact) mass is 256 g/mol. The number of aliphatic hydroxyl groups excluding tert-OH is 1. The van der Waals surface area contributed by atoms with Gasteiger partial charge in [-0.1, -0.05) is 0 Å². The van der Waals surface area contributed by atoms with Crippen LogP contribution < -0.4 is 9.47 Å². The number of benzene rings is 1. The molecule has 0 saturated heterocycles. The maximum atomic E-state index is 11.2. The van der Waals surface area contributed by atoms with E-state index in [0.717, 1.165) is 0 Å².